The van der Waals surface area contributed by atoms with Crippen LogP contribution in [0.4, 0.5) is 4.39 Å². The van der Waals surface area contributed by atoms with E-state index in [2.05, 4.69) is 5.32 Å². The normalized spacial score (nSPS) is 13.9. The molecule has 0 radical (unpaired) electrons. The Balaban J connectivity index is 3.00. The average Bonchev–Trinajstić information content (AvgIpc) is 2.30. The third kappa shape index (κ3) is 3.51. The molecule has 6 nitrogen and oxygen atoms in total. The third-order valence-corrected chi connectivity index (χ3v) is 2.28. The Bertz CT molecular complexity index is 451. The molecule has 0 saturated carbocycles. The maximum atomic E-state index is 13.5. The van der Waals surface area contributed by atoms with Crippen molar-refractivity contribution in [2.24, 2.45) is 0 Å². The maximum Gasteiger partial charge on any atom is 0.334 e. The fraction of sp³-hybridized carbons (Fsp3) is 0.273. The highest BCUT2D eigenvalue weighted by Crippen LogP contribution is 2.20. The van der Waals surface area contributed by atoms with Gasteiger partial charge in [-0.2, -0.15) is 0 Å². The quantitative estimate of drug-likeness (QED) is 0.571. The molecule has 98 valence electrons. The first-order valence-electron chi connectivity index (χ1n) is 5.04. The van der Waals surface area contributed by atoms with Gasteiger partial charge in [0.25, 0.3) is 0 Å². The van der Waals surface area contributed by atoms with Crippen LogP contribution < -0.4 is 5.32 Å². The Hall–Kier alpha value is -1.99. The van der Waals surface area contributed by atoms with Crippen LogP contribution >= 0.6 is 0 Å². The number of hydrogen-bond donors (Lipinski definition) is 4. The van der Waals surface area contributed by atoms with Gasteiger partial charge in [-0.25, -0.2) is 9.18 Å². The molecule has 1 rings (SSSR count). The first-order valence-corrected chi connectivity index (χ1v) is 5.04. The van der Waals surface area contributed by atoms with Gasteiger partial charge in [-0.15, -0.1) is 0 Å². The Labute approximate surface area is 102 Å². The van der Waals surface area contributed by atoms with E-state index in [9.17, 15) is 19.1 Å². The molecule has 0 aliphatic heterocycles. The van der Waals surface area contributed by atoms with Crippen molar-refractivity contribution in [1.82, 2.24) is 5.32 Å². The molecule has 2 unspecified atom stereocenters. The largest absolute Gasteiger partial charge is 0.480 e. The number of benzene rings is 1. The highest BCUT2D eigenvalue weighted by Gasteiger charge is 2.29. The van der Waals surface area contributed by atoms with E-state index in [0.29, 0.717) is 0 Å². The standard InChI is InChI=1S/C11H12FNO5/c12-7-4-2-1-3-6(7)9(10(16)11(17)18)13-5-8(14)15/h1-4,9-10,13,16H,5H2,(H,14,15)(H,17,18). The Morgan fingerprint density at radius 1 is 1.28 bits per heavy atom. The van der Waals surface area contributed by atoms with Gasteiger partial charge < -0.3 is 15.3 Å². The minimum Gasteiger partial charge on any atom is -0.480 e. The monoisotopic (exact) mass is 257 g/mol. The van der Waals surface area contributed by atoms with E-state index in [1.54, 1.807) is 0 Å². The van der Waals surface area contributed by atoms with E-state index < -0.39 is 36.4 Å². The Kier molecular flexibility index (Phi) is 4.75. The second-order valence-corrected chi connectivity index (χ2v) is 3.56. The number of carboxylic acids is 2. The molecular formula is C11H12FNO5. The number of hydrogen-bond acceptors (Lipinski definition) is 4. The number of carboxylic acid groups (broad SMARTS) is 2. The summed E-state index contributed by atoms with van der Waals surface area (Å²) in [4.78, 5) is 21.1. The molecular weight excluding hydrogens is 245 g/mol. The predicted molar refractivity (Wildman–Crippen MR) is 58.4 cm³/mol. The van der Waals surface area contributed by atoms with Gasteiger partial charge >= 0.3 is 11.9 Å². The average molecular weight is 257 g/mol. The van der Waals surface area contributed by atoms with Gasteiger partial charge in [0.2, 0.25) is 0 Å². The van der Waals surface area contributed by atoms with Gasteiger partial charge in [0, 0.05) is 5.56 Å². The van der Waals surface area contributed by atoms with Crippen molar-refractivity contribution in [3.8, 4) is 0 Å². The summed E-state index contributed by atoms with van der Waals surface area (Å²) in [5.41, 5.74) is -0.103. The van der Waals surface area contributed by atoms with E-state index in [4.69, 9.17) is 10.2 Å². The number of aliphatic hydroxyl groups is 1. The van der Waals surface area contributed by atoms with Crippen LogP contribution in [-0.2, 0) is 9.59 Å². The van der Waals surface area contributed by atoms with Crippen molar-refractivity contribution in [2.75, 3.05) is 6.54 Å². The lowest BCUT2D eigenvalue weighted by Crippen LogP contribution is -2.39. The summed E-state index contributed by atoms with van der Waals surface area (Å²) in [5, 5.41) is 29.0. The zero-order valence-corrected chi connectivity index (χ0v) is 9.21. The molecule has 0 saturated heterocycles. The number of nitrogens with one attached hydrogen (secondary N) is 1. The molecule has 0 aliphatic carbocycles. The van der Waals surface area contributed by atoms with Crippen LogP contribution in [-0.4, -0.2) is 39.9 Å². The molecule has 0 bridgehead atoms. The summed E-state index contributed by atoms with van der Waals surface area (Å²) < 4.78 is 13.5. The lowest BCUT2D eigenvalue weighted by molar-refractivity contribution is -0.149. The van der Waals surface area contributed by atoms with E-state index in [1.165, 1.54) is 18.2 Å². The van der Waals surface area contributed by atoms with Gasteiger partial charge in [0.15, 0.2) is 6.10 Å². The minimum absolute atomic E-state index is 0.103. The minimum atomic E-state index is -1.94. The van der Waals surface area contributed by atoms with Crippen LogP contribution in [0.3, 0.4) is 0 Å². The summed E-state index contributed by atoms with van der Waals surface area (Å²) in [6, 6.07) is 3.91. The SMILES string of the molecule is O=C(O)CNC(c1ccccc1F)C(O)C(=O)O. The Morgan fingerprint density at radius 2 is 1.89 bits per heavy atom. The van der Waals surface area contributed by atoms with Gasteiger partial charge in [0.1, 0.15) is 5.82 Å². The van der Waals surface area contributed by atoms with Crippen molar-refractivity contribution >= 4 is 11.9 Å². The molecule has 7 heteroatoms. The van der Waals surface area contributed by atoms with Gasteiger partial charge in [-0.3, -0.25) is 10.1 Å². The van der Waals surface area contributed by atoms with E-state index in [-0.39, 0.29) is 5.56 Å². The van der Waals surface area contributed by atoms with Crippen LogP contribution in [0, 0.1) is 5.82 Å². The molecule has 0 amide bonds. The number of aliphatic carboxylic acids is 2. The number of carbonyl (C=O) groups is 2. The zero-order valence-electron chi connectivity index (χ0n) is 9.21. The van der Waals surface area contributed by atoms with Crippen LogP contribution in [0.15, 0.2) is 24.3 Å². The summed E-state index contributed by atoms with van der Waals surface area (Å²) in [6.45, 7) is -0.594. The van der Waals surface area contributed by atoms with Crippen molar-refractivity contribution < 1.29 is 29.3 Å². The highest BCUT2D eigenvalue weighted by molar-refractivity contribution is 5.74. The molecule has 0 aliphatic rings. The summed E-state index contributed by atoms with van der Waals surface area (Å²) in [5.74, 6) is -3.53. The zero-order chi connectivity index (χ0) is 13.7. The van der Waals surface area contributed by atoms with Gasteiger partial charge in [-0.1, -0.05) is 18.2 Å². The molecule has 2 atom stereocenters. The fourth-order valence-corrected chi connectivity index (χ4v) is 1.46. The molecule has 4 N–H and O–H groups in total. The van der Waals surface area contributed by atoms with Gasteiger partial charge in [-0.05, 0) is 6.07 Å². The van der Waals surface area contributed by atoms with Crippen molar-refractivity contribution in [3.05, 3.63) is 35.6 Å². The fourth-order valence-electron chi connectivity index (χ4n) is 1.46. The molecule has 0 spiro atoms. The smallest absolute Gasteiger partial charge is 0.334 e. The summed E-state index contributed by atoms with van der Waals surface area (Å²) >= 11 is 0. The molecule has 0 fully saturated rings. The number of rotatable bonds is 6. The molecule has 1 aromatic rings. The molecule has 18 heavy (non-hydrogen) atoms. The van der Waals surface area contributed by atoms with Crippen LogP contribution in [0.1, 0.15) is 11.6 Å². The summed E-state index contributed by atoms with van der Waals surface area (Å²) in [6.07, 6.45) is -1.94. The van der Waals surface area contributed by atoms with Crippen molar-refractivity contribution in [2.45, 2.75) is 12.1 Å². The van der Waals surface area contributed by atoms with Crippen LogP contribution in [0.25, 0.3) is 0 Å². The maximum absolute atomic E-state index is 13.5. The second-order valence-electron chi connectivity index (χ2n) is 3.56. The van der Waals surface area contributed by atoms with Crippen LogP contribution in [0.5, 0.6) is 0 Å². The molecule has 0 heterocycles. The lowest BCUT2D eigenvalue weighted by Gasteiger charge is -2.21. The van der Waals surface area contributed by atoms with Gasteiger partial charge in [0.05, 0.1) is 12.6 Å². The first kappa shape index (κ1) is 14.1. The molecule has 0 aromatic heterocycles. The Morgan fingerprint density at radius 3 is 2.39 bits per heavy atom. The number of halogens is 1. The topological polar surface area (TPSA) is 107 Å². The van der Waals surface area contributed by atoms with Crippen molar-refractivity contribution in [3.63, 3.8) is 0 Å². The first-order chi connectivity index (χ1) is 8.43. The number of aliphatic hydroxyl groups excluding tert-OH is 1. The lowest BCUT2D eigenvalue weighted by atomic mass is 10.0. The third-order valence-electron chi connectivity index (χ3n) is 2.28. The van der Waals surface area contributed by atoms with Crippen LogP contribution in [0.2, 0.25) is 0 Å². The van der Waals surface area contributed by atoms with E-state index >= 15 is 0 Å². The molecule has 1 aromatic carbocycles. The van der Waals surface area contributed by atoms with E-state index in [1.807, 2.05) is 0 Å². The summed E-state index contributed by atoms with van der Waals surface area (Å²) in [7, 11) is 0. The van der Waals surface area contributed by atoms with E-state index in [0.717, 1.165) is 6.07 Å². The predicted octanol–water partition coefficient (Wildman–Crippen LogP) is -0.0135. The highest BCUT2D eigenvalue weighted by atomic mass is 19.1. The second kappa shape index (κ2) is 6.08. The van der Waals surface area contributed by atoms with Crippen molar-refractivity contribution in [1.29, 1.82) is 0 Å².